The lowest BCUT2D eigenvalue weighted by Crippen LogP contribution is -2.38. The van der Waals surface area contributed by atoms with Gasteiger partial charge in [-0.3, -0.25) is 0 Å². The molecule has 4 N–H and O–H groups in total. The van der Waals surface area contributed by atoms with E-state index in [2.05, 4.69) is 0 Å². The largest absolute Gasteiger partial charge is 0.396 e. The predicted molar refractivity (Wildman–Crippen MR) is 80.1 cm³/mol. The first kappa shape index (κ1) is 20.8. The maximum atomic E-state index is 9.97. The second-order valence-electron chi connectivity index (χ2n) is 5.66. The number of hydrogen-bond donors (Lipinski definition) is 4. The third-order valence-electron chi connectivity index (χ3n) is 3.25. The van der Waals surface area contributed by atoms with E-state index in [9.17, 15) is 10.2 Å². The molecule has 5 unspecified atom stereocenters. The maximum absolute atomic E-state index is 9.97. The number of rotatable bonds is 13. The number of ether oxygens (including phenoxy) is 2. The highest BCUT2D eigenvalue weighted by molar-refractivity contribution is 4.74. The molecule has 0 saturated heterocycles. The van der Waals surface area contributed by atoms with E-state index in [4.69, 9.17) is 19.7 Å². The SMILES string of the molecule is CC(O)COC(C)COC(C)C(O)C(O)CCCCCO. The van der Waals surface area contributed by atoms with Gasteiger partial charge in [0.25, 0.3) is 0 Å². The molecule has 0 spiro atoms. The Morgan fingerprint density at radius 2 is 1.52 bits per heavy atom. The number of aliphatic hydroxyl groups excluding tert-OH is 4. The summed E-state index contributed by atoms with van der Waals surface area (Å²) in [6.45, 7) is 5.88. The van der Waals surface area contributed by atoms with Crippen molar-refractivity contribution >= 4 is 0 Å². The first-order valence-corrected chi connectivity index (χ1v) is 7.76. The van der Waals surface area contributed by atoms with Crippen molar-refractivity contribution < 1.29 is 29.9 Å². The molecule has 0 radical (unpaired) electrons. The monoisotopic (exact) mass is 308 g/mol. The van der Waals surface area contributed by atoms with Crippen LogP contribution < -0.4 is 0 Å². The average molecular weight is 308 g/mol. The standard InChI is InChI=1S/C15H32O6/c1-11(17)9-20-12(2)10-21-13(3)15(19)14(18)7-5-4-6-8-16/h11-19H,4-10H2,1-3H3. The number of aliphatic hydroxyl groups is 4. The molecule has 5 atom stereocenters. The van der Waals surface area contributed by atoms with Crippen LogP contribution in [0.4, 0.5) is 0 Å². The van der Waals surface area contributed by atoms with E-state index in [1.54, 1.807) is 13.8 Å². The van der Waals surface area contributed by atoms with Gasteiger partial charge in [0.1, 0.15) is 6.10 Å². The van der Waals surface area contributed by atoms with Gasteiger partial charge < -0.3 is 29.9 Å². The van der Waals surface area contributed by atoms with E-state index < -0.39 is 24.4 Å². The third-order valence-corrected chi connectivity index (χ3v) is 3.25. The van der Waals surface area contributed by atoms with Crippen molar-refractivity contribution in [3.05, 3.63) is 0 Å². The second kappa shape index (κ2) is 12.3. The van der Waals surface area contributed by atoms with Crippen LogP contribution in [0.2, 0.25) is 0 Å². The Hall–Kier alpha value is -0.240. The molecule has 0 bridgehead atoms. The van der Waals surface area contributed by atoms with Crippen LogP contribution >= 0.6 is 0 Å². The van der Waals surface area contributed by atoms with Gasteiger partial charge in [-0.25, -0.2) is 0 Å². The molecule has 0 aromatic heterocycles. The van der Waals surface area contributed by atoms with Crippen LogP contribution in [0.1, 0.15) is 46.5 Å². The van der Waals surface area contributed by atoms with E-state index in [0.29, 0.717) is 19.4 Å². The lowest BCUT2D eigenvalue weighted by Gasteiger charge is -2.25. The molecule has 128 valence electrons. The van der Waals surface area contributed by atoms with E-state index in [1.807, 2.05) is 6.92 Å². The number of unbranched alkanes of at least 4 members (excludes halogenated alkanes) is 2. The smallest absolute Gasteiger partial charge is 0.106 e. The third kappa shape index (κ3) is 11.0. The van der Waals surface area contributed by atoms with Crippen LogP contribution in [0, 0.1) is 0 Å². The topological polar surface area (TPSA) is 99.4 Å². The minimum absolute atomic E-state index is 0.155. The van der Waals surface area contributed by atoms with Crippen molar-refractivity contribution in [1.29, 1.82) is 0 Å². The molecule has 0 aromatic carbocycles. The van der Waals surface area contributed by atoms with E-state index >= 15 is 0 Å². The molecule has 0 aliphatic rings. The van der Waals surface area contributed by atoms with Gasteiger partial charge in [-0.1, -0.05) is 12.8 Å². The molecule has 0 aliphatic carbocycles. The Balaban J connectivity index is 3.83. The first-order valence-electron chi connectivity index (χ1n) is 7.76. The maximum Gasteiger partial charge on any atom is 0.106 e. The fraction of sp³-hybridized carbons (Fsp3) is 1.00. The van der Waals surface area contributed by atoms with Gasteiger partial charge >= 0.3 is 0 Å². The summed E-state index contributed by atoms with van der Waals surface area (Å²) >= 11 is 0. The second-order valence-corrected chi connectivity index (χ2v) is 5.66. The summed E-state index contributed by atoms with van der Waals surface area (Å²) in [4.78, 5) is 0. The zero-order chi connectivity index (χ0) is 16.3. The lowest BCUT2D eigenvalue weighted by atomic mass is 10.0. The summed E-state index contributed by atoms with van der Waals surface area (Å²) in [6, 6.07) is 0. The first-order chi connectivity index (χ1) is 9.88. The molecular formula is C15H32O6. The van der Waals surface area contributed by atoms with E-state index in [0.717, 1.165) is 12.8 Å². The lowest BCUT2D eigenvalue weighted by molar-refractivity contribution is -0.110. The molecule has 0 heterocycles. The molecule has 0 amide bonds. The highest BCUT2D eigenvalue weighted by Gasteiger charge is 2.23. The summed E-state index contributed by atoms with van der Waals surface area (Å²) in [5, 5.41) is 37.6. The van der Waals surface area contributed by atoms with Crippen molar-refractivity contribution in [3.63, 3.8) is 0 Å². The van der Waals surface area contributed by atoms with Crippen molar-refractivity contribution in [3.8, 4) is 0 Å². The summed E-state index contributed by atoms with van der Waals surface area (Å²) in [7, 11) is 0. The summed E-state index contributed by atoms with van der Waals surface area (Å²) < 4.78 is 10.8. The minimum Gasteiger partial charge on any atom is -0.396 e. The molecule has 0 aliphatic heterocycles. The summed E-state index contributed by atoms with van der Waals surface area (Å²) in [6.07, 6.45) is -0.159. The fourth-order valence-electron chi connectivity index (χ4n) is 1.86. The molecular weight excluding hydrogens is 276 g/mol. The average Bonchev–Trinajstić information content (AvgIpc) is 2.45. The van der Waals surface area contributed by atoms with E-state index in [1.165, 1.54) is 0 Å². The van der Waals surface area contributed by atoms with Gasteiger partial charge in [-0.15, -0.1) is 0 Å². The van der Waals surface area contributed by atoms with Gasteiger partial charge in [0.05, 0.1) is 37.6 Å². The Labute approximate surface area is 127 Å². The van der Waals surface area contributed by atoms with Crippen molar-refractivity contribution in [1.82, 2.24) is 0 Å². The molecule has 6 heteroatoms. The highest BCUT2D eigenvalue weighted by atomic mass is 16.5. The van der Waals surface area contributed by atoms with Crippen LogP contribution in [0.5, 0.6) is 0 Å². The van der Waals surface area contributed by atoms with Crippen molar-refractivity contribution in [2.45, 2.75) is 77.0 Å². The van der Waals surface area contributed by atoms with Crippen LogP contribution in [-0.2, 0) is 9.47 Å². The highest BCUT2D eigenvalue weighted by Crippen LogP contribution is 2.12. The predicted octanol–water partition coefficient (Wildman–Crippen LogP) is 0.452. The molecule has 0 fully saturated rings. The van der Waals surface area contributed by atoms with Gasteiger partial charge in [0, 0.05) is 6.61 Å². The van der Waals surface area contributed by atoms with E-state index in [-0.39, 0.29) is 19.3 Å². The minimum atomic E-state index is -0.942. The van der Waals surface area contributed by atoms with Crippen LogP contribution in [0.15, 0.2) is 0 Å². The van der Waals surface area contributed by atoms with Gasteiger partial charge in [0.15, 0.2) is 0 Å². The van der Waals surface area contributed by atoms with Crippen LogP contribution in [0.25, 0.3) is 0 Å². The molecule has 21 heavy (non-hydrogen) atoms. The quantitative estimate of drug-likeness (QED) is 0.369. The Morgan fingerprint density at radius 3 is 2.10 bits per heavy atom. The van der Waals surface area contributed by atoms with Crippen molar-refractivity contribution in [2.75, 3.05) is 19.8 Å². The zero-order valence-corrected chi connectivity index (χ0v) is 13.4. The Morgan fingerprint density at radius 1 is 0.857 bits per heavy atom. The molecule has 0 saturated carbocycles. The molecule has 0 rings (SSSR count). The summed E-state index contributed by atoms with van der Waals surface area (Å²) in [5.41, 5.74) is 0. The van der Waals surface area contributed by atoms with Gasteiger partial charge in [-0.2, -0.15) is 0 Å². The number of hydrogen-bond acceptors (Lipinski definition) is 6. The summed E-state index contributed by atoms with van der Waals surface area (Å²) in [5.74, 6) is 0. The fourth-order valence-corrected chi connectivity index (χ4v) is 1.86. The zero-order valence-electron chi connectivity index (χ0n) is 13.4. The Bertz CT molecular complexity index is 236. The van der Waals surface area contributed by atoms with Crippen LogP contribution in [-0.4, -0.2) is 70.8 Å². The Kier molecular flexibility index (Phi) is 12.2. The van der Waals surface area contributed by atoms with Crippen LogP contribution in [0.3, 0.4) is 0 Å². The van der Waals surface area contributed by atoms with Crippen molar-refractivity contribution in [2.24, 2.45) is 0 Å². The molecule has 0 aromatic rings. The van der Waals surface area contributed by atoms with Gasteiger partial charge in [0.2, 0.25) is 0 Å². The van der Waals surface area contributed by atoms with Gasteiger partial charge in [-0.05, 0) is 33.6 Å². The normalized spacial score (nSPS) is 19.0. The molecule has 6 nitrogen and oxygen atoms in total.